The van der Waals surface area contributed by atoms with Crippen molar-refractivity contribution >= 4 is 62.2 Å². The van der Waals surface area contributed by atoms with E-state index in [0.29, 0.717) is 46.9 Å². The molecule has 176 valence electrons. The summed E-state index contributed by atoms with van der Waals surface area (Å²) in [4.78, 5) is 26.5. The molecule has 0 radical (unpaired) electrons. The molecule has 0 unspecified atom stereocenters. The van der Waals surface area contributed by atoms with Crippen LogP contribution in [0.2, 0.25) is 0 Å². The van der Waals surface area contributed by atoms with E-state index < -0.39 is 0 Å². The number of amides is 1. The molecule has 1 aromatic rings. The lowest BCUT2D eigenvalue weighted by atomic mass is 10.1. The maximum absolute atomic E-state index is 12.9. The molecule has 1 aliphatic rings. The summed E-state index contributed by atoms with van der Waals surface area (Å²) in [6.45, 7) is 9.07. The number of thiocarbonyl (C=S) groups is 1. The molecule has 0 spiro atoms. The van der Waals surface area contributed by atoms with Crippen molar-refractivity contribution in [2.45, 2.75) is 59.5 Å². The molecule has 1 heterocycles. The highest BCUT2D eigenvalue weighted by atomic mass is 79.9. The molecule has 1 amide bonds. The fourth-order valence-corrected chi connectivity index (χ4v) is 4.94. The summed E-state index contributed by atoms with van der Waals surface area (Å²) >= 11 is 10.3. The van der Waals surface area contributed by atoms with Crippen LogP contribution in [-0.2, 0) is 14.3 Å². The highest BCUT2D eigenvalue weighted by Crippen LogP contribution is 2.40. The van der Waals surface area contributed by atoms with Crippen molar-refractivity contribution < 1.29 is 23.8 Å². The third kappa shape index (κ3) is 7.78. The molecule has 0 bridgehead atoms. The van der Waals surface area contributed by atoms with E-state index in [1.54, 1.807) is 11.8 Å². The molecular formula is C23H30BrNO5S2. The van der Waals surface area contributed by atoms with Crippen LogP contribution in [0.15, 0.2) is 21.5 Å². The molecule has 0 saturated carbocycles. The molecule has 1 saturated heterocycles. The summed E-state index contributed by atoms with van der Waals surface area (Å²) in [5, 5.41) is 0. The van der Waals surface area contributed by atoms with E-state index in [0.717, 1.165) is 29.3 Å². The normalized spacial score (nSPS) is 15.1. The van der Waals surface area contributed by atoms with Crippen molar-refractivity contribution in [2.75, 3.05) is 19.8 Å². The standard InChI is InChI=1S/C23H30BrNO5S2/c1-5-28-18-13-16(12-17(24)21(18)30-15(3)4)14-19-22(27)25(23(31)32-19)11-9-7-8-10-20(26)29-6-2/h12-15H,5-11H2,1-4H3/b19-14-. The summed E-state index contributed by atoms with van der Waals surface area (Å²) in [7, 11) is 0. The van der Waals surface area contributed by atoms with Gasteiger partial charge in [-0.15, -0.1) is 0 Å². The fourth-order valence-electron chi connectivity index (χ4n) is 3.08. The molecule has 2 rings (SSSR count). The first kappa shape index (κ1) is 26.7. The lowest BCUT2D eigenvalue weighted by Gasteiger charge is -2.17. The average Bonchev–Trinajstić information content (AvgIpc) is 2.97. The second kappa shape index (κ2) is 13.2. The van der Waals surface area contributed by atoms with E-state index in [9.17, 15) is 9.59 Å². The van der Waals surface area contributed by atoms with Crippen LogP contribution in [0, 0.1) is 0 Å². The number of ether oxygens (including phenoxy) is 3. The predicted octanol–water partition coefficient (Wildman–Crippen LogP) is 5.96. The Morgan fingerprint density at radius 2 is 1.97 bits per heavy atom. The minimum Gasteiger partial charge on any atom is -0.490 e. The predicted molar refractivity (Wildman–Crippen MR) is 136 cm³/mol. The van der Waals surface area contributed by atoms with Gasteiger partial charge in [-0.1, -0.05) is 30.4 Å². The van der Waals surface area contributed by atoms with Gasteiger partial charge in [0.25, 0.3) is 5.91 Å². The number of unbranched alkanes of at least 4 members (excludes halogenated alkanes) is 2. The number of esters is 1. The molecule has 9 heteroatoms. The van der Waals surface area contributed by atoms with E-state index in [-0.39, 0.29) is 18.0 Å². The number of halogens is 1. The van der Waals surface area contributed by atoms with Crippen molar-refractivity contribution in [1.29, 1.82) is 0 Å². The van der Waals surface area contributed by atoms with Crippen LogP contribution in [-0.4, -0.2) is 47.0 Å². The van der Waals surface area contributed by atoms with E-state index in [1.165, 1.54) is 11.8 Å². The molecule has 32 heavy (non-hydrogen) atoms. The van der Waals surface area contributed by atoms with Crippen LogP contribution < -0.4 is 9.47 Å². The number of nitrogens with zero attached hydrogens (tertiary/aromatic N) is 1. The van der Waals surface area contributed by atoms with Gasteiger partial charge in [-0.3, -0.25) is 14.5 Å². The molecule has 1 fully saturated rings. The number of benzene rings is 1. The number of rotatable bonds is 12. The lowest BCUT2D eigenvalue weighted by molar-refractivity contribution is -0.143. The van der Waals surface area contributed by atoms with Gasteiger partial charge in [-0.05, 0) is 80.2 Å². The smallest absolute Gasteiger partial charge is 0.305 e. The Labute approximate surface area is 208 Å². The van der Waals surface area contributed by atoms with E-state index in [1.807, 2.05) is 39.0 Å². The summed E-state index contributed by atoms with van der Waals surface area (Å²) in [6, 6.07) is 3.77. The van der Waals surface area contributed by atoms with Crippen LogP contribution in [0.5, 0.6) is 11.5 Å². The first-order valence-electron chi connectivity index (χ1n) is 10.8. The Kier molecular flexibility index (Phi) is 11.0. The molecular weight excluding hydrogens is 514 g/mol. The SMILES string of the molecule is CCOC(=O)CCCCCN1C(=O)/C(=C/c2cc(Br)c(OC(C)C)c(OCC)c2)SC1=S. The van der Waals surface area contributed by atoms with Crippen LogP contribution in [0.25, 0.3) is 6.08 Å². The summed E-state index contributed by atoms with van der Waals surface area (Å²) < 4.78 is 17.9. The van der Waals surface area contributed by atoms with Gasteiger partial charge in [0.2, 0.25) is 0 Å². The number of thioether (sulfide) groups is 1. The van der Waals surface area contributed by atoms with Crippen molar-refractivity contribution in [3.05, 3.63) is 27.1 Å². The second-order valence-electron chi connectivity index (χ2n) is 7.38. The van der Waals surface area contributed by atoms with Crippen molar-refractivity contribution in [1.82, 2.24) is 4.90 Å². The van der Waals surface area contributed by atoms with Crippen LogP contribution in [0.3, 0.4) is 0 Å². The Hall–Kier alpha value is -1.58. The summed E-state index contributed by atoms with van der Waals surface area (Å²) in [5.41, 5.74) is 0.825. The van der Waals surface area contributed by atoms with Crippen molar-refractivity contribution in [2.24, 2.45) is 0 Å². The van der Waals surface area contributed by atoms with Crippen LogP contribution in [0.1, 0.15) is 58.9 Å². The van der Waals surface area contributed by atoms with E-state index in [2.05, 4.69) is 15.9 Å². The number of hydrogen-bond acceptors (Lipinski definition) is 7. The van der Waals surface area contributed by atoms with Gasteiger partial charge in [0.05, 0.1) is 28.7 Å². The van der Waals surface area contributed by atoms with E-state index >= 15 is 0 Å². The highest BCUT2D eigenvalue weighted by molar-refractivity contribution is 9.10. The molecule has 1 aliphatic heterocycles. The number of hydrogen-bond donors (Lipinski definition) is 0. The highest BCUT2D eigenvalue weighted by Gasteiger charge is 2.31. The maximum Gasteiger partial charge on any atom is 0.305 e. The molecule has 0 N–H and O–H groups in total. The molecule has 0 aromatic heterocycles. The van der Waals surface area contributed by atoms with Gasteiger partial charge in [0, 0.05) is 13.0 Å². The topological polar surface area (TPSA) is 65.1 Å². The zero-order chi connectivity index (χ0) is 23.7. The van der Waals surface area contributed by atoms with Gasteiger partial charge in [0.15, 0.2) is 11.5 Å². The van der Waals surface area contributed by atoms with Gasteiger partial charge >= 0.3 is 5.97 Å². The molecule has 6 nitrogen and oxygen atoms in total. The summed E-state index contributed by atoms with van der Waals surface area (Å²) in [6.07, 6.45) is 4.58. The molecule has 0 atom stereocenters. The first-order valence-corrected chi connectivity index (χ1v) is 12.8. The summed E-state index contributed by atoms with van der Waals surface area (Å²) in [5.74, 6) is 0.999. The number of carbonyl (C=O) groups is 2. The Morgan fingerprint density at radius 3 is 2.62 bits per heavy atom. The van der Waals surface area contributed by atoms with Gasteiger partial charge in [-0.25, -0.2) is 0 Å². The second-order valence-corrected chi connectivity index (χ2v) is 9.91. The van der Waals surface area contributed by atoms with Crippen LogP contribution in [0.4, 0.5) is 0 Å². The van der Waals surface area contributed by atoms with Crippen molar-refractivity contribution in [3.8, 4) is 11.5 Å². The minimum atomic E-state index is -0.177. The van der Waals surface area contributed by atoms with Gasteiger partial charge in [0.1, 0.15) is 4.32 Å². The van der Waals surface area contributed by atoms with Crippen LogP contribution >= 0.6 is 39.9 Å². The fraction of sp³-hybridized carbons (Fsp3) is 0.522. The largest absolute Gasteiger partial charge is 0.490 e. The third-order valence-corrected chi connectivity index (χ3v) is 6.39. The monoisotopic (exact) mass is 543 g/mol. The van der Waals surface area contributed by atoms with Gasteiger partial charge in [-0.2, -0.15) is 0 Å². The Balaban J connectivity index is 2.04. The maximum atomic E-state index is 12.9. The Bertz CT molecular complexity index is 872. The number of carbonyl (C=O) groups excluding carboxylic acids is 2. The quantitative estimate of drug-likeness (QED) is 0.139. The first-order chi connectivity index (χ1) is 15.3. The average molecular weight is 545 g/mol. The Morgan fingerprint density at radius 1 is 1.22 bits per heavy atom. The molecule has 0 aliphatic carbocycles. The molecule has 1 aromatic carbocycles. The zero-order valence-corrected chi connectivity index (χ0v) is 22.2. The zero-order valence-electron chi connectivity index (χ0n) is 18.9. The third-order valence-electron chi connectivity index (χ3n) is 4.42. The lowest BCUT2D eigenvalue weighted by Crippen LogP contribution is -2.29. The van der Waals surface area contributed by atoms with Gasteiger partial charge < -0.3 is 14.2 Å². The van der Waals surface area contributed by atoms with E-state index in [4.69, 9.17) is 26.4 Å². The van der Waals surface area contributed by atoms with Crippen molar-refractivity contribution in [3.63, 3.8) is 0 Å². The minimum absolute atomic E-state index is 0.00454.